The second kappa shape index (κ2) is 31.2. The predicted octanol–water partition coefficient (Wildman–Crippen LogP) is 16.4. The van der Waals surface area contributed by atoms with E-state index in [1.54, 1.807) is 0 Å². The molecule has 0 radical (unpaired) electrons. The van der Waals surface area contributed by atoms with Crippen LogP contribution in [-0.4, -0.2) is 51.8 Å². The minimum Gasteiger partial charge on any atom is -0.490 e. The molecule has 2 fully saturated rings. The van der Waals surface area contributed by atoms with Crippen molar-refractivity contribution in [3.05, 3.63) is 24.3 Å². The molecule has 0 aliphatic carbocycles. The maximum Gasteiger partial charge on any atom is 0.164 e. The molecule has 2 atom stereocenters. The number of ether oxygens (including phenoxy) is 6. The Morgan fingerprint density at radius 1 is 0.361 bits per heavy atom. The number of hydrogen-bond acceptors (Lipinski definition) is 7. The molecule has 2 aliphatic rings. The van der Waals surface area contributed by atoms with Crippen LogP contribution in [0.2, 0.25) is 0 Å². The molecule has 2 saturated heterocycles. The highest BCUT2D eigenvalue weighted by Gasteiger charge is 2.26. The predicted molar refractivity (Wildman–Crippen MR) is 254 cm³/mol. The lowest BCUT2D eigenvalue weighted by atomic mass is 10.0. The van der Waals surface area contributed by atoms with Crippen molar-refractivity contribution in [3.63, 3.8) is 0 Å². The molecule has 3 aromatic rings. The first-order valence-corrected chi connectivity index (χ1v) is 26.0. The van der Waals surface area contributed by atoms with Gasteiger partial charge < -0.3 is 32.8 Å². The highest BCUT2D eigenvalue weighted by Crippen LogP contribution is 2.42. The number of furan rings is 1. The summed E-state index contributed by atoms with van der Waals surface area (Å²) >= 11 is 0. The Morgan fingerprint density at radius 2 is 0.623 bits per heavy atom. The standard InChI is InChI=1S/C54H88O7/c1-3-5-7-9-11-13-15-17-19-21-23-25-27-29-31-33-35-55-53-39-49-47(37-51(53)59-43-45-41-57-45)48-38-52(60-44-46-42-58-46)54(40-50(48)61-49)56-36-34-32-30-28-26-24-22-20-18-16-14-12-10-8-6-4-2/h37-40,45-46H,3-36,41-44H2,1-2H3. The second-order valence-electron chi connectivity index (χ2n) is 18.5. The smallest absolute Gasteiger partial charge is 0.164 e. The van der Waals surface area contributed by atoms with Gasteiger partial charge in [-0.25, -0.2) is 0 Å². The van der Waals surface area contributed by atoms with Gasteiger partial charge in [-0.15, -0.1) is 0 Å². The lowest BCUT2D eigenvalue weighted by Gasteiger charge is -2.13. The molecule has 2 aromatic carbocycles. The minimum atomic E-state index is 0.156. The molecule has 3 heterocycles. The first-order chi connectivity index (χ1) is 30.2. The molecule has 5 rings (SSSR count). The van der Waals surface area contributed by atoms with Gasteiger partial charge in [0.15, 0.2) is 23.0 Å². The second-order valence-corrected chi connectivity index (χ2v) is 18.5. The molecular formula is C54H88O7. The molecule has 0 N–H and O–H groups in total. The van der Waals surface area contributed by atoms with Gasteiger partial charge in [0.25, 0.3) is 0 Å². The molecule has 7 nitrogen and oxygen atoms in total. The Balaban J connectivity index is 1.01. The van der Waals surface area contributed by atoms with Gasteiger partial charge in [-0.1, -0.05) is 206 Å². The Labute approximate surface area is 372 Å². The largest absolute Gasteiger partial charge is 0.490 e. The van der Waals surface area contributed by atoms with Crippen molar-refractivity contribution in [3.8, 4) is 23.0 Å². The van der Waals surface area contributed by atoms with Crippen LogP contribution in [0.15, 0.2) is 28.7 Å². The normalized spacial score (nSPS) is 15.8. The van der Waals surface area contributed by atoms with Crippen LogP contribution < -0.4 is 18.9 Å². The van der Waals surface area contributed by atoms with Crippen molar-refractivity contribution < 1.29 is 32.8 Å². The van der Waals surface area contributed by atoms with E-state index in [1.807, 2.05) is 12.1 Å². The third kappa shape index (κ3) is 21.1. The zero-order chi connectivity index (χ0) is 42.4. The molecular weight excluding hydrogens is 761 g/mol. The van der Waals surface area contributed by atoms with Gasteiger partial charge in [-0.05, 0) is 25.0 Å². The van der Waals surface area contributed by atoms with Gasteiger partial charge >= 0.3 is 0 Å². The lowest BCUT2D eigenvalue weighted by Crippen LogP contribution is -2.07. The number of epoxide rings is 2. The van der Waals surface area contributed by atoms with Crippen LogP contribution in [-0.2, 0) is 9.47 Å². The third-order valence-electron chi connectivity index (χ3n) is 12.8. The molecule has 0 spiro atoms. The van der Waals surface area contributed by atoms with Gasteiger partial charge in [0.2, 0.25) is 0 Å². The van der Waals surface area contributed by atoms with E-state index in [-0.39, 0.29) is 12.2 Å². The quantitative estimate of drug-likeness (QED) is 0.0415. The topological polar surface area (TPSA) is 75.1 Å². The number of rotatable bonds is 42. The van der Waals surface area contributed by atoms with Crippen molar-refractivity contribution in [2.75, 3.05) is 39.6 Å². The van der Waals surface area contributed by atoms with Gasteiger partial charge in [-0.2, -0.15) is 0 Å². The zero-order valence-corrected chi connectivity index (χ0v) is 39.2. The van der Waals surface area contributed by atoms with Gasteiger partial charge in [0, 0.05) is 22.9 Å². The van der Waals surface area contributed by atoms with Crippen molar-refractivity contribution in [2.24, 2.45) is 0 Å². The number of unbranched alkanes of at least 4 members (excludes halogenated alkanes) is 30. The van der Waals surface area contributed by atoms with Crippen LogP contribution >= 0.6 is 0 Å². The summed E-state index contributed by atoms with van der Waals surface area (Å²) in [5, 5.41) is 1.96. The Kier molecular flexibility index (Phi) is 25.3. The molecule has 0 amide bonds. The van der Waals surface area contributed by atoms with Crippen molar-refractivity contribution in [1.82, 2.24) is 0 Å². The maximum absolute atomic E-state index is 6.47. The Hall–Kier alpha value is -2.64. The first-order valence-electron chi connectivity index (χ1n) is 26.0. The van der Waals surface area contributed by atoms with Crippen LogP contribution in [0.25, 0.3) is 21.9 Å². The fourth-order valence-electron chi connectivity index (χ4n) is 8.60. The van der Waals surface area contributed by atoms with Gasteiger partial charge in [-0.3, -0.25) is 0 Å². The molecule has 0 saturated carbocycles. The molecule has 61 heavy (non-hydrogen) atoms. The van der Waals surface area contributed by atoms with Crippen molar-refractivity contribution in [2.45, 2.75) is 232 Å². The molecule has 0 bridgehead atoms. The average Bonchev–Trinajstić information content (AvgIpc) is 4.22. The van der Waals surface area contributed by atoms with Crippen molar-refractivity contribution >= 4 is 21.9 Å². The molecule has 2 unspecified atom stereocenters. The van der Waals surface area contributed by atoms with Crippen LogP contribution in [0.4, 0.5) is 0 Å². The van der Waals surface area contributed by atoms with E-state index in [1.165, 1.54) is 193 Å². The van der Waals surface area contributed by atoms with E-state index >= 15 is 0 Å². The van der Waals surface area contributed by atoms with E-state index in [0.717, 1.165) is 71.0 Å². The van der Waals surface area contributed by atoms with Crippen LogP contribution in [0.3, 0.4) is 0 Å². The zero-order valence-electron chi connectivity index (χ0n) is 39.2. The Morgan fingerprint density at radius 3 is 0.902 bits per heavy atom. The molecule has 346 valence electrons. The summed E-state index contributed by atoms with van der Waals surface area (Å²) in [5.74, 6) is 2.94. The van der Waals surface area contributed by atoms with E-state index < -0.39 is 0 Å². The van der Waals surface area contributed by atoms with E-state index in [4.69, 9.17) is 32.8 Å². The molecule has 2 aliphatic heterocycles. The Bertz CT molecular complexity index is 1430. The number of benzene rings is 2. The summed E-state index contributed by atoms with van der Waals surface area (Å²) < 4.78 is 42.8. The summed E-state index contributed by atoms with van der Waals surface area (Å²) in [6.07, 6.45) is 43.7. The van der Waals surface area contributed by atoms with Gasteiger partial charge in [0.1, 0.15) is 36.6 Å². The van der Waals surface area contributed by atoms with Crippen LogP contribution in [0.1, 0.15) is 219 Å². The monoisotopic (exact) mass is 849 g/mol. The minimum absolute atomic E-state index is 0.156. The summed E-state index contributed by atoms with van der Waals surface area (Å²) in [5.41, 5.74) is 1.55. The summed E-state index contributed by atoms with van der Waals surface area (Å²) in [7, 11) is 0. The summed E-state index contributed by atoms with van der Waals surface area (Å²) in [6, 6.07) is 8.13. The summed E-state index contributed by atoms with van der Waals surface area (Å²) in [4.78, 5) is 0. The SMILES string of the molecule is CCCCCCCCCCCCCCCCCCOc1cc2oc3cc(OCCCCCCCCCCCCCCCCCC)c(OCC4CO4)cc3c2cc1OCC1CO1. The van der Waals surface area contributed by atoms with Crippen molar-refractivity contribution in [1.29, 1.82) is 0 Å². The average molecular weight is 849 g/mol. The molecule has 1 aromatic heterocycles. The number of hydrogen-bond donors (Lipinski definition) is 0. The fourth-order valence-corrected chi connectivity index (χ4v) is 8.60. The summed E-state index contributed by atoms with van der Waals surface area (Å²) in [6.45, 7) is 8.45. The number of fused-ring (bicyclic) bond motifs is 3. The van der Waals surface area contributed by atoms with E-state index in [0.29, 0.717) is 26.4 Å². The maximum atomic E-state index is 6.47. The highest BCUT2D eigenvalue weighted by atomic mass is 16.6. The molecule has 7 heteroatoms. The van der Waals surface area contributed by atoms with E-state index in [2.05, 4.69) is 26.0 Å². The fraction of sp³-hybridized carbons (Fsp3) is 0.778. The van der Waals surface area contributed by atoms with Gasteiger partial charge in [0.05, 0.1) is 26.4 Å². The van der Waals surface area contributed by atoms with Crippen LogP contribution in [0, 0.1) is 0 Å². The van der Waals surface area contributed by atoms with Crippen LogP contribution in [0.5, 0.6) is 23.0 Å². The van der Waals surface area contributed by atoms with E-state index in [9.17, 15) is 0 Å². The highest BCUT2D eigenvalue weighted by molar-refractivity contribution is 6.07. The first kappa shape index (κ1) is 49.4. The lowest BCUT2D eigenvalue weighted by molar-refractivity contribution is 0.239. The third-order valence-corrected chi connectivity index (χ3v) is 12.8.